The van der Waals surface area contributed by atoms with Crippen LogP contribution in [0.15, 0.2) is 17.5 Å². The largest absolute Gasteiger partial charge is 0.312 e. The van der Waals surface area contributed by atoms with Crippen LogP contribution in [0.2, 0.25) is 0 Å². The van der Waals surface area contributed by atoms with Crippen molar-refractivity contribution in [1.82, 2.24) is 5.32 Å². The number of hydrogen-bond donors (Lipinski definition) is 1. The first-order valence-corrected chi connectivity index (χ1v) is 8.43. The van der Waals surface area contributed by atoms with Crippen molar-refractivity contribution >= 4 is 11.3 Å². The molecule has 0 bridgehead atoms. The van der Waals surface area contributed by atoms with E-state index in [0.717, 1.165) is 18.4 Å². The zero-order chi connectivity index (χ0) is 14.1. The molecule has 1 aliphatic rings. The lowest BCUT2D eigenvalue weighted by Gasteiger charge is -2.41. The van der Waals surface area contributed by atoms with E-state index >= 15 is 0 Å². The fourth-order valence-electron chi connectivity index (χ4n) is 3.16. The molecule has 0 spiro atoms. The summed E-state index contributed by atoms with van der Waals surface area (Å²) in [4.78, 5) is 1.59. The molecule has 1 N–H and O–H groups in total. The second-order valence-electron chi connectivity index (χ2n) is 7.92. The van der Waals surface area contributed by atoms with Crippen molar-refractivity contribution < 1.29 is 0 Å². The van der Waals surface area contributed by atoms with E-state index in [4.69, 9.17) is 0 Å². The first-order chi connectivity index (χ1) is 8.77. The molecule has 0 aliphatic heterocycles. The lowest BCUT2D eigenvalue weighted by molar-refractivity contribution is 0.155. The van der Waals surface area contributed by atoms with Crippen molar-refractivity contribution in [2.75, 3.05) is 6.54 Å². The van der Waals surface area contributed by atoms with Gasteiger partial charge in [-0.2, -0.15) is 0 Å². The summed E-state index contributed by atoms with van der Waals surface area (Å²) in [5, 5.41) is 5.94. The summed E-state index contributed by atoms with van der Waals surface area (Å²) in [6.07, 6.45) is 4.06. The highest BCUT2D eigenvalue weighted by molar-refractivity contribution is 7.10. The maximum absolute atomic E-state index is 3.72. The van der Waals surface area contributed by atoms with Crippen LogP contribution in [0.3, 0.4) is 0 Å². The highest BCUT2D eigenvalue weighted by Gasteiger charge is 2.36. The van der Waals surface area contributed by atoms with Crippen LogP contribution in [0, 0.1) is 11.3 Å². The van der Waals surface area contributed by atoms with Gasteiger partial charge in [0, 0.05) is 10.4 Å². The Balaban J connectivity index is 2.08. The number of hydrogen-bond acceptors (Lipinski definition) is 2. The van der Waals surface area contributed by atoms with Crippen LogP contribution in [-0.2, 0) is 0 Å². The standard InChI is InChI=1S/C17H29NS/c1-16(2,3)18-12-13-8-9-17(4,5)11-14(13)15-7-6-10-19-15/h6-7,10,13-14,18H,8-9,11-12H2,1-5H3. The van der Waals surface area contributed by atoms with Gasteiger partial charge in [-0.3, -0.25) is 0 Å². The van der Waals surface area contributed by atoms with Gasteiger partial charge in [0.15, 0.2) is 0 Å². The summed E-state index contributed by atoms with van der Waals surface area (Å²) in [6.45, 7) is 12.8. The Morgan fingerprint density at radius 3 is 2.68 bits per heavy atom. The van der Waals surface area contributed by atoms with Gasteiger partial charge in [0.05, 0.1) is 0 Å². The molecule has 1 saturated carbocycles. The molecule has 1 nitrogen and oxygen atoms in total. The highest BCUT2D eigenvalue weighted by Crippen LogP contribution is 2.47. The zero-order valence-corrected chi connectivity index (χ0v) is 13.9. The van der Waals surface area contributed by atoms with Crippen LogP contribution in [0.5, 0.6) is 0 Å². The van der Waals surface area contributed by atoms with Gasteiger partial charge in [-0.05, 0) is 75.3 Å². The van der Waals surface area contributed by atoms with Gasteiger partial charge in [0.1, 0.15) is 0 Å². The molecule has 1 heterocycles. The van der Waals surface area contributed by atoms with Gasteiger partial charge in [-0.15, -0.1) is 11.3 Å². The minimum absolute atomic E-state index is 0.229. The molecule has 1 aromatic heterocycles. The zero-order valence-electron chi connectivity index (χ0n) is 13.1. The van der Waals surface area contributed by atoms with Crippen LogP contribution < -0.4 is 5.32 Å². The summed E-state index contributed by atoms with van der Waals surface area (Å²) >= 11 is 1.94. The molecule has 2 rings (SSSR count). The topological polar surface area (TPSA) is 12.0 Å². The van der Waals surface area contributed by atoms with E-state index in [1.807, 2.05) is 11.3 Å². The third-order valence-electron chi connectivity index (χ3n) is 4.34. The molecule has 1 fully saturated rings. The Morgan fingerprint density at radius 2 is 2.11 bits per heavy atom. The highest BCUT2D eigenvalue weighted by atomic mass is 32.1. The van der Waals surface area contributed by atoms with E-state index in [-0.39, 0.29) is 5.54 Å². The van der Waals surface area contributed by atoms with Gasteiger partial charge < -0.3 is 5.32 Å². The van der Waals surface area contributed by atoms with E-state index < -0.39 is 0 Å². The Bertz CT molecular complexity index is 386. The van der Waals surface area contributed by atoms with Crippen LogP contribution in [0.1, 0.15) is 64.7 Å². The van der Waals surface area contributed by atoms with Crippen LogP contribution in [0.4, 0.5) is 0 Å². The van der Waals surface area contributed by atoms with Gasteiger partial charge in [0.2, 0.25) is 0 Å². The quantitative estimate of drug-likeness (QED) is 0.816. The molecule has 0 radical (unpaired) electrons. The first-order valence-electron chi connectivity index (χ1n) is 7.55. The molecule has 0 aromatic carbocycles. The second kappa shape index (κ2) is 5.57. The third kappa shape index (κ3) is 4.32. The van der Waals surface area contributed by atoms with Gasteiger partial charge >= 0.3 is 0 Å². The number of rotatable bonds is 3. The molecular formula is C17H29NS. The maximum Gasteiger partial charge on any atom is 0.00966 e. The molecular weight excluding hydrogens is 250 g/mol. The van der Waals surface area contributed by atoms with Gasteiger partial charge in [-0.25, -0.2) is 0 Å². The van der Waals surface area contributed by atoms with E-state index in [0.29, 0.717) is 5.41 Å². The summed E-state index contributed by atoms with van der Waals surface area (Å²) < 4.78 is 0. The third-order valence-corrected chi connectivity index (χ3v) is 5.34. The van der Waals surface area contributed by atoms with E-state index in [1.54, 1.807) is 4.88 Å². The normalized spacial score (nSPS) is 27.4. The number of thiophene rings is 1. The smallest absolute Gasteiger partial charge is 0.00966 e. The molecule has 1 aliphatic carbocycles. The summed E-state index contributed by atoms with van der Waals surface area (Å²) in [5.74, 6) is 1.55. The van der Waals surface area contributed by atoms with Crippen molar-refractivity contribution in [1.29, 1.82) is 0 Å². The fraction of sp³-hybridized carbons (Fsp3) is 0.765. The summed E-state index contributed by atoms with van der Waals surface area (Å²) in [7, 11) is 0. The minimum atomic E-state index is 0.229. The Kier molecular flexibility index (Phi) is 4.42. The van der Waals surface area contributed by atoms with E-state index in [1.165, 1.54) is 19.3 Å². The van der Waals surface area contributed by atoms with Crippen LogP contribution in [0.25, 0.3) is 0 Å². The van der Waals surface area contributed by atoms with E-state index in [2.05, 4.69) is 57.4 Å². The fourth-order valence-corrected chi connectivity index (χ4v) is 4.08. The minimum Gasteiger partial charge on any atom is -0.312 e. The van der Waals surface area contributed by atoms with Crippen LogP contribution >= 0.6 is 11.3 Å². The first kappa shape index (κ1) is 15.1. The molecule has 2 heteroatoms. The van der Waals surface area contributed by atoms with Crippen molar-refractivity contribution in [2.24, 2.45) is 11.3 Å². The molecule has 19 heavy (non-hydrogen) atoms. The monoisotopic (exact) mass is 279 g/mol. The molecule has 2 unspecified atom stereocenters. The van der Waals surface area contributed by atoms with Gasteiger partial charge in [0.25, 0.3) is 0 Å². The average Bonchev–Trinajstić information content (AvgIpc) is 2.78. The predicted octanol–water partition coefficient (Wildman–Crippen LogP) is 5.05. The maximum atomic E-state index is 3.72. The van der Waals surface area contributed by atoms with Crippen molar-refractivity contribution in [3.05, 3.63) is 22.4 Å². The van der Waals surface area contributed by atoms with Crippen molar-refractivity contribution in [2.45, 2.75) is 65.3 Å². The second-order valence-corrected chi connectivity index (χ2v) is 8.90. The SMILES string of the molecule is CC1(C)CCC(CNC(C)(C)C)C(c2cccs2)C1. The lowest BCUT2D eigenvalue weighted by Crippen LogP contribution is -2.42. The van der Waals surface area contributed by atoms with Gasteiger partial charge in [-0.1, -0.05) is 19.9 Å². The Morgan fingerprint density at radius 1 is 1.37 bits per heavy atom. The number of nitrogens with one attached hydrogen (secondary N) is 1. The Hall–Kier alpha value is -0.340. The Labute approximate surface area is 122 Å². The van der Waals surface area contributed by atoms with Crippen LogP contribution in [-0.4, -0.2) is 12.1 Å². The lowest BCUT2D eigenvalue weighted by atomic mass is 9.66. The molecule has 0 saturated heterocycles. The molecule has 108 valence electrons. The molecule has 2 atom stereocenters. The molecule has 0 amide bonds. The summed E-state index contributed by atoms with van der Waals surface area (Å²) in [5.41, 5.74) is 0.736. The van der Waals surface area contributed by atoms with Crippen molar-refractivity contribution in [3.63, 3.8) is 0 Å². The average molecular weight is 279 g/mol. The predicted molar refractivity (Wildman–Crippen MR) is 85.9 cm³/mol. The van der Waals surface area contributed by atoms with Crippen molar-refractivity contribution in [3.8, 4) is 0 Å². The van der Waals surface area contributed by atoms with E-state index in [9.17, 15) is 0 Å². The summed E-state index contributed by atoms with van der Waals surface area (Å²) in [6, 6.07) is 4.54. The molecule has 1 aromatic rings.